The van der Waals surface area contributed by atoms with Gasteiger partial charge in [-0.3, -0.25) is 4.79 Å². The normalized spacial score (nSPS) is 21.1. The predicted molar refractivity (Wildman–Crippen MR) is 80.8 cm³/mol. The van der Waals surface area contributed by atoms with Crippen LogP contribution >= 0.6 is 0 Å². The Balaban J connectivity index is 1.92. The lowest BCUT2D eigenvalue weighted by atomic mass is 10.0. The molecule has 2 atom stereocenters. The Labute approximate surface area is 129 Å². The Morgan fingerprint density at radius 3 is 2.91 bits per heavy atom. The second-order valence-electron chi connectivity index (χ2n) is 5.53. The van der Waals surface area contributed by atoms with Crippen LogP contribution in [0.4, 0.5) is 0 Å². The van der Waals surface area contributed by atoms with Gasteiger partial charge in [0.15, 0.2) is 0 Å². The highest BCUT2D eigenvalue weighted by Gasteiger charge is 2.36. The number of carbonyl (C=O) groups excluding carboxylic acids is 1. The highest BCUT2D eigenvalue weighted by Crippen LogP contribution is 2.35. The van der Waals surface area contributed by atoms with Gasteiger partial charge in [0.25, 0.3) is 5.91 Å². The number of furan rings is 1. The van der Waals surface area contributed by atoms with Crippen molar-refractivity contribution >= 4 is 5.91 Å². The lowest BCUT2D eigenvalue weighted by Gasteiger charge is -2.24. The van der Waals surface area contributed by atoms with Gasteiger partial charge in [-0.05, 0) is 37.1 Å². The Morgan fingerprint density at radius 2 is 2.23 bits per heavy atom. The zero-order valence-corrected chi connectivity index (χ0v) is 12.7. The third kappa shape index (κ3) is 2.60. The SMILES string of the molecule is COc1cccc([C@H]2C[C@@H](O)CN2C(=O)c2ccoc2C)c1. The van der Waals surface area contributed by atoms with Crippen LogP contribution in [-0.2, 0) is 0 Å². The Bertz CT molecular complexity index is 679. The van der Waals surface area contributed by atoms with Crippen LogP contribution in [0.5, 0.6) is 5.75 Å². The Morgan fingerprint density at radius 1 is 1.41 bits per heavy atom. The van der Waals surface area contributed by atoms with Gasteiger partial charge >= 0.3 is 0 Å². The molecule has 0 unspecified atom stereocenters. The summed E-state index contributed by atoms with van der Waals surface area (Å²) in [5.74, 6) is 1.22. The van der Waals surface area contributed by atoms with E-state index in [1.54, 1.807) is 25.0 Å². The van der Waals surface area contributed by atoms with Gasteiger partial charge in [0.1, 0.15) is 11.5 Å². The maximum Gasteiger partial charge on any atom is 0.257 e. The van der Waals surface area contributed by atoms with Crippen LogP contribution in [0.1, 0.15) is 34.1 Å². The molecule has 5 nitrogen and oxygen atoms in total. The van der Waals surface area contributed by atoms with Gasteiger partial charge in [-0.15, -0.1) is 0 Å². The van der Waals surface area contributed by atoms with Crippen molar-refractivity contribution in [1.29, 1.82) is 0 Å². The number of benzene rings is 1. The number of rotatable bonds is 3. The van der Waals surface area contributed by atoms with Crippen LogP contribution in [0.15, 0.2) is 41.0 Å². The quantitative estimate of drug-likeness (QED) is 0.946. The Hall–Kier alpha value is -2.27. The largest absolute Gasteiger partial charge is 0.497 e. The molecule has 1 N–H and O–H groups in total. The summed E-state index contributed by atoms with van der Waals surface area (Å²) in [5.41, 5.74) is 1.51. The topological polar surface area (TPSA) is 62.9 Å². The highest BCUT2D eigenvalue weighted by atomic mass is 16.5. The molecule has 1 saturated heterocycles. The number of hydrogen-bond donors (Lipinski definition) is 1. The molecule has 0 aliphatic carbocycles. The fourth-order valence-corrected chi connectivity index (χ4v) is 2.96. The molecule has 5 heteroatoms. The monoisotopic (exact) mass is 301 g/mol. The molecule has 1 aromatic carbocycles. The van der Waals surface area contributed by atoms with Crippen molar-refractivity contribution in [3.63, 3.8) is 0 Å². The maximum absolute atomic E-state index is 12.7. The van der Waals surface area contributed by atoms with Gasteiger partial charge in [0, 0.05) is 6.54 Å². The molecule has 0 radical (unpaired) electrons. The van der Waals surface area contributed by atoms with E-state index in [0.29, 0.717) is 24.3 Å². The summed E-state index contributed by atoms with van der Waals surface area (Å²) in [6, 6.07) is 9.13. The molecule has 3 rings (SSSR count). The first-order chi connectivity index (χ1) is 10.6. The molecule has 2 heterocycles. The average Bonchev–Trinajstić information content (AvgIpc) is 3.12. The lowest BCUT2D eigenvalue weighted by molar-refractivity contribution is 0.0714. The number of carbonyl (C=O) groups is 1. The molecule has 2 aromatic rings. The van der Waals surface area contributed by atoms with Crippen molar-refractivity contribution in [2.75, 3.05) is 13.7 Å². The van der Waals surface area contributed by atoms with E-state index in [0.717, 1.165) is 11.3 Å². The molecule has 0 bridgehead atoms. The van der Waals surface area contributed by atoms with E-state index in [-0.39, 0.29) is 11.9 Å². The van der Waals surface area contributed by atoms with E-state index in [1.165, 1.54) is 6.26 Å². The number of nitrogens with zero attached hydrogens (tertiary/aromatic N) is 1. The molecule has 0 spiro atoms. The smallest absolute Gasteiger partial charge is 0.257 e. The number of amides is 1. The van der Waals surface area contributed by atoms with E-state index in [2.05, 4.69) is 0 Å². The number of ether oxygens (including phenoxy) is 1. The zero-order chi connectivity index (χ0) is 15.7. The minimum Gasteiger partial charge on any atom is -0.497 e. The van der Waals surface area contributed by atoms with E-state index in [4.69, 9.17) is 9.15 Å². The third-order valence-electron chi connectivity index (χ3n) is 4.11. The summed E-state index contributed by atoms with van der Waals surface area (Å²) in [6.45, 7) is 2.09. The summed E-state index contributed by atoms with van der Waals surface area (Å²) in [6.07, 6.45) is 1.51. The minimum absolute atomic E-state index is 0.115. The first-order valence-electron chi connectivity index (χ1n) is 7.27. The number of β-amino-alcohol motifs (C(OH)–C–C–N with tert-alkyl or cyclic N) is 1. The number of aliphatic hydroxyl groups excluding tert-OH is 1. The van der Waals surface area contributed by atoms with Crippen LogP contribution in [-0.4, -0.2) is 35.7 Å². The summed E-state index contributed by atoms with van der Waals surface area (Å²) in [7, 11) is 1.61. The molecular weight excluding hydrogens is 282 g/mol. The van der Waals surface area contributed by atoms with Crippen LogP contribution < -0.4 is 4.74 Å². The van der Waals surface area contributed by atoms with Crippen molar-refractivity contribution < 1.29 is 19.1 Å². The van der Waals surface area contributed by atoms with E-state index < -0.39 is 6.10 Å². The van der Waals surface area contributed by atoms with Gasteiger partial charge in [-0.1, -0.05) is 12.1 Å². The van der Waals surface area contributed by atoms with Gasteiger partial charge in [-0.2, -0.15) is 0 Å². The Kier molecular flexibility index (Phi) is 3.90. The van der Waals surface area contributed by atoms with Crippen molar-refractivity contribution in [3.05, 3.63) is 53.5 Å². The summed E-state index contributed by atoms with van der Waals surface area (Å²) < 4.78 is 10.5. The van der Waals surface area contributed by atoms with Crippen molar-refractivity contribution in [1.82, 2.24) is 4.90 Å². The number of aryl methyl sites for hydroxylation is 1. The van der Waals surface area contributed by atoms with E-state index in [9.17, 15) is 9.90 Å². The first-order valence-corrected chi connectivity index (χ1v) is 7.27. The van der Waals surface area contributed by atoms with Gasteiger partial charge in [0.05, 0.1) is 31.1 Å². The number of aliphatic hydroxyl groups is 1. The van der Waals surface area contributed by atoms with Crippen molar-refractivity contribution in [2.24, 2.45) is 0 Å². The number of likely N-dealkylation sites (tertiary alicyclic amines) is 1. The maximum atomic E-state index is 12.7. The standard InChI is InChI=1S/C17H19NO4/c1-11-15(6-7-22-11)17(20)18-10-13(19)9-16(18)12-4-3-5-14(8-12)21-2/h3-8,13,16,19H,9-10H2,1-2H3/t13-,16-/m1/s1. The van der Waals surface area contributed by atoms with Gasteiger partial charge < -0.3 is 19.2 Å². The van der Waals surface area contributed by atoms with Crippen LogP contribution in [0.2, 0.25) is 0 Å². The molecule has 116 valence electrons. The second-order valence-corrected chi connectivity index (χ2v) is 5.53. The molecule has 22 heavy (non-hydrogen) atoms. The number of hydrogen-bond acceptors (Lipinski definition) is 4. The molecule has 1 aliphatic rings. The van der Waals surface area contributed by atoms with Crippen LogP contribution in [0, 0.1) is 6.92 Å². The predicted octanol–water partition coefficient (Wildman–Crippen LogP) is 2.54. The molecule has 1 amide bonds. The third-order valence-corrected chi connectivity index (χ3v) is 4.11. The lowest BCUT2D eigenvalue weighted by Crippen LogP contribution is -2.31. The summed E-state index contributed by atoms with van der Waals surface area (Å²) >= 11 is 0. The second kappa shape index (κ2) is 5.85. The summed E-state index contributed by atoms with van der Waals surface area (Å²) in [4.78, 5) is 14.4. The molecular formula is C17H19NO4. The first kappa shape index (κ1) is 14.7. The van der Waals surface area contributed by atoms with E-state index in [1.807, 2.05) is 24.3 Å². The fraction of sp³-hybridized carbons (Fsp3) is 0.353. The van der Waals surface area contributed by atoms with Gasteiger partial charge in [-0.25, -0.2) is 0 Å². The van der Waals surface area contributed by atoms with Crippen molar-refractivity contribution in [2.45, 2.75) is 25.5 Å². The molecule has 1 aliphatic heterocycles. The van der Waals surface area contributed by atoms with Gasteiger partial charge in [0.2, 0.25) is 0 Å². The van der Waals surface area contributed by atoms with Crippen LogP contribution in [0.25, 0.3) is 0 Å². The molecule has 1 aromatic heterocycles. The number of methoxy groups -OCH3 is 1. The summed E-state index contributed by atoms with van der Waals surface area (Å²) in [5, 5.41) is 10.0. The molecule has 1 fully saturated rings. The van der Waals surface area contributed by atoms with E-state index >= 15 is 0 Å². The average molecular weight is 301 g/mol. The minimum atomic E-state index is -0.521. The van der Waals surface area contributed by atoms with Crippen LogP contribution in [0.3, 0.4) is 0 Å². The fourth-order valence-electron chi connectivity index (χ4n) is 2.96. The highest BCUT2D eigenvalue weighted by molar-refractivity contribution is 5.95. The van der Waals surface area contributed by atoms with Crippen molar-refractivity contribution in [3.8, 4) is 5.75 Å². The zero-order valence-electron chi connectivity index (χ0n) is 12.7. The molecule has 0 saturated carbocycles.